The SMILES string of the molecule is CCNC(CC)OC(=O)/C=C\C(=O)OC(CC)NCC. The van der Waals surface area contributed by atoms with Gasteiger partial charge in [-0.1, -0.05) is 27.7 Å². The van der Waals surface area contributed by atoms with Gasteiger partial charge in [-0.15, -0.1) is 0 Å². The smallest absolute Gasteiger partial charge is 0.332 e. The first-order chi connectivity index (χ1) is 9.57. The van der Waals surface area contributed by atoms with E-state index in [1.807, 2.05) is 27.7 Å². The van der Waals surface area contributed by atoms with Crippen molar-refractivity contribution in [3.8, 4) is 0 Å². The highest BCUT2D eigenvalue weighted by Crippen LogP contribution is 1.98. The van der Waals surface area contributed by atoms with Crippen molar-refractivity contribution in [1.82, 2.24) is 10.6 Å². The van der Waals surface area contributed by atoms with E-state index < -0.39 is 11.9 Å². The first kappa shape index (κ1) is 18.6. The second-order valence-corrected chi connectivity index (χ2v) is 4.12. The molecule has 0 aliphatic heterocycles. The highest BCUT2D eigenvalue weighted by molar-refractivity contribution is 5.91. The summed E-state index contributed by atoms with van der Waals surface area (Å²) >= 11 is 0. The number of hydrogen-bond donors (Lipinski definition) is 2. The fourth-order valence-corrected chi connectivity index (χ4v) is 1.49. The first-order valence-corrected chi connectivity index (χ1v) is 7.13. The summed E-state index contributed by atoms with van der Waals surface area (Å²) in [6.07, 6.45) is 2.82. The first-order valence-electron chi connectivity index (χ1n) is 7.13. The third-order valence-electron chi connectivity index (χ3n) is 2.48. The number of ether oxygens (including phenoxy) is 2. The number of nitrogens with one attached hydrogen (secondary N) is 2. The Balaban J connectivity index is 4.19. The molecule has 2 atom stereocenters. The Bertz CT molecular complexity index is 288. The number of rotatable bonds is 10. The molecule has 6 heteroatoms. The van der Waals surface area contributed by atoms with Gasteiger partial charge >= 0.3 is 11.9 Å². The lowest BCUT2D eigenvalue weighted by Gasteiger charge is -2.16. The molecule has 0 aliphatic rings. The minimum absolute atomic E-state index is 0.335. The summed E-state index contributed by atoms with van der Waals surface area (Å²) in [6, 6.07) is 0. The van der Waals surface area contributed by atoms with Crippen LogP contribution >= 0.6 is 0 Å². The minimum Gasteiger partial charge on any atom is -0.443 e. The van der Waals surface area contributed by atoms with E-state index >= 15 is 0 Å². The summed E-state index contributed by atoms with van der Waals surface area (Å²) in [5.41, 5.74) is 0. The second-order valence-electron chi connectivity index (χ2n) is 4.12. The van der Waals surface area contributed by atoms with Crippen LogP contribution in [0.3, 0.4) is 0 Å². The number of hydrogen-bond acceptors (Lipinski definition) is 6. The Labute approximate surface area is 120 Å². The van der Waals surface area contributed by atoms with Crippen molar-refractivity contribution in [2.24, 2.45) is 0 Å². The molecule has 0 aromatic carbocycles. The molecule has 0 fully saturated rings. The van der Waals surface area contributed by atoms with Crippen molar-refractivity contribution in [2.75, 3.05) is 13.1 Å². The van der Waals surface area contributed by atoms with Crippen LogP contribution in [-0.4, -0.2) is 37.5 Å². The van der Waals surface area contributed by atoms with Crippen LogP contribution in [0.25, 0.3) is 0 Å². The summed E-state index contributed by atoms with van der Waals surface area (Å²) in [4.78, 5) is 23.0. The van der Waals surface area contributed by atoms with E-state index in [1.54, 1.807) is 0 Å². The molecule has 116 valence electrons. The third kappa shape index (κ3) is 8.66. The van der Waals surface area contributed by atoms with Crippen molar-refractivity contribution in [2.45, 2.75) is 53.0 Å². The monoisotopic (exact) mass is 286 g/mol. The van der Waals surface area contributed by atoms with Crippen LogP contribution in [0.2, 0.25) is 0 Å². The van der Waals surface area contributed by atoms with Crippen LogP contribution in [0, 0.1) is 0 Å². The van der Waals surface area contributed by atoms with E-state index in [0.29, 0.717) is 25.9 Å². The third-order valence-corrected chi connectivity index (χ3v) is 2.48. The molecule has 0 aromatic rings. The van der Waals surface area contributed by atoms with Gasteiger partial charge in [0.1, 0.15) is 0 Å². The van der Waals surface area contributed by atoms with Crippen LogP contribution in [-0.2, 0) is 19.1 Å². The van der Waals surface area contributed by atoms with E-state index in [1.165, 1.54) is 0 Å². The zero-order valence-corrected chi connectivity index (χ0v) is 12.8. The summed E-state index contributed by atoms with van der Waals surface area (Å²) in [5.74, 6) is -1.13. The zero-order chi connectivity index (χ0) is 15.4. The predicted octanol–water partition coefficient (Wildman–Crippen LogP) is 1.32. The maximum atomic E-state index is 11.5. The summed E-state index contributed by atoms with van der Waals surface area (Å²) < 4.78 is 10.2. The largest absolute Gasteiger partial charge is 0.443 e. The molecule has 0 saturated heterocycles. The highest BCUT2D eigenvalue weighted by atomic mass is 16.6. The Morgan fingerprint density at radius 3 is 1.45 bits per heavy atom. The normalized spacial score (nSPS) is 14.0. The van der Waals surface area contributed by atoms with Crippen molar-refractivity contribution >= 4 is 11.9 Å². The van der Waals surface area contributed by atoms with Crippen LogP contribution < -0.4 is 10.6 Å². The van der Waals surface area contributed by atoms with Crippen molar-refractivity contribution in [3.63, 3.8) is 0 Å². The van der Waals surface area contributed by atoms with Crippen molar-refractivity contribution in [3.05, 3.63) is 12.2 Å². The molecule has 0 radical (unpaired) electrons. The summed E-state index contributed by atoms with van der Waals surface area (Å²) in [5, 5.41) is 6.01. The average Bonchev–Trinajstić information content (AvgIpc) is 2.44. The van der Waals surface area contributed by atoms with Gasteiger partial charge in [-0.3, -0.25) is 10.6 Å². The molecular weight excluding hydrogens is 260 g/mol. The molecule has 0 amide bonds. The lowest BCUT2D eigenvalue weighted by molar-refractivity contribution is -0.147. The molecule has 0 saturated carbocycles. The molecule has 20 heavy (non-hydrogen) atoms. The Morgan fingerprint density at radius 2 is 1.20 bits per heavy atom. The number of carbonyl (C=O) groups excluding carboxylic acids is 2. The molecule has 0 aliphatic carbocycles. The molecule has 0 bridgehead atoms. The molecule has 0 aromatic heterocycles. The van der Waals surface area contributed by atoms with Crippen LogP contribution in [0.5, 0.6) is 0 Å². The quantitative estimate of drug-likeness (QED) is 0.358. The number of esters is 2. The van der Waals surface area contributed by atoms with E-state index in [2.05, 4.69) is 10.6 Å². The molecular formula is C14H26N2O4. The van der Waals surface area contributed by atoms with Gasteiger partial charge in [0.2, 0.25) is 0 Å². The Morgan fingerprint density at radius 1 is 0.850 bits per heavy atom. The Hall–Kier alpha value is -1.40. The summed E-state index contributed by atoms with van der Waals surface area (Å²) in [7, 11) is 0. The summed E-state index contributed by atoms with van der Waals surface area (Å²) in [6.45, 7) is 9.07. The molecule has 6 nitrogen and oxygen atoms in total. The molecule has 2 unspecified atom stereocenters. The minimum atomic E-state index is -0.564. The van der Waals surface area contributed by atoms with Gasteiger partial charge in [0.15, 0.2) is 12.5 Å². The fraction of sp³-hybridized carbons (Fsp3) is 0.714. The zero-order valence-electron chi connectivity index (χ0n) is 12.8. The Kier molecular flexibility index (Phi) is 10.6. The second kappa shape index (κ2) is 11.4. The van der Waals surface area contributed by atoms with Crippen molar-refractivity contribution < 1.29 is 19.1 Å². The number of carbonyl (C=O) groups is 2. The van der Waals surface area contributed by atoms with Gasteiger partial charge in [-0.05, 0) is 25.9 Å². The topological polar surface area (TPSA) is 76.7 Å². The fourth-order valence-electron chi connectivity index (χ4n) is 1.49. The lowest BCUT2D eigenvalue weighted by atomic mass is 10.4. The molecule has 0 spiro atoms. The maximum Gasteiger partial charge on any atom is 0.332 e. The van der Waals surface area contributed by atoms with E-state index in [9.17, 15) is 9.59 Å². The van der Waals surface area contributed by atoms with Gasteiger partial charge in [0, 0.05) is 12.2 Å². The lowest BCUT2D eigenvalue weighted by Crippen LogP contribution is -2.33. The van der Waals surface area contributed by atoms with Gasteiger partial charge in [-0.25, -0.2) is 9.59 Å². The van der Waals surface area contributed by atoms with Crippen molar-refractivity contribution in [1.29, 1.82) is 0 Å². The molecule has 0 rings (SSSR count). The van der Waals surface area contributed by atoms with Gasteiger partial charge in [0.05, 0.1) is 0 Å². The van der Waals surface area contributed by atoms with Gasteiger partial charge < -0.3 is 9.47 Å². The van der Waals surface area contributed by atoms with Gasteiger partial charge in [-0.2, -0.15) is 0 Å². The van der Waals surface area contributed by atoms with Crippen LogP contribution in [0.1, 0.15) is 40.5 Å². The van der Waals surface area contributed by atoms with E-state index in [-0.39, 0.29) is 12.5 Å². The van der Waals surface area contributed by atoms with Gasteiger partial charge in [0.25, 0.3) is 0 Å². The maximum absolute atomic E-state index is 11.5. The molecule has 2 N–H and O–H groups in total. The standard InChI is InChI=1S/C14H26N2O4/c1-5-11(15-7-3)19-13(17)9-10-14(18)20-12(6-2)16-8-4/h9-12,15-16H,5-8H2,1-4H3/b10-9-. The van der Waals surface area contributed by atoms with E-state index in [0.717, 1.165) is 12.2 Å². The predicted molar refractivity (Wildman–Crippen MR) is 76.8 cm³/mol. The van der Waals surface area contributed by atoms with Crippen LogP contribution in [0.4, 0.5) is 0 Å². The van der Waals surface area contributed by atoms with E-state index in [4.69, 9.17) is 9.47 Å². The highest BCUT2D eigenvalue weighted by Gasteiger charge is 2.11. The average molecular weight is 286 g/mol. The molecule has 0 heterocycles. The van der Waals surface area contributed by atoms with Crippen LogP contribution in [0.15, 0.2) is 12.2 Å².